The lowest BCUT2D eigenvalue weighted by Gasteiger charge is -2.26. The number of thiophene rings is 1. The third-order valence-corrected chi connectivity index (χ3v) is 4.29. The van der Waals surface area contributed by atoms with E-state index in [1.165, 1.54) is 28.7 Å². The zero-order chi connectivity index (χ0) is 13.2. The lowest BCUT2D eigenvalue weighted by molar-refractivity contribution is -0.132. The molecule has 0 atom stereocenters. The van der Waals surface area contributed by atoms with Gasteiger partial charge in [-0.25, -0.2) is 4.98 Å². The second-order valence-corrected chi connectivity index (χ2v) is 5.65. The molecule has 0 aliphatic carbocycles. The Morgan fingerprint density at radius 3 is 2.89 bits per heavy atom. The fourth-order valence-electron chi connectivity index (χ4n) is 2.39. The van der Waals surface area contributed by atoms with Gasteiger partial charge in [-0.1, -0.05) is 0 Å². The maximum Gasteiger partial charge on any atom is 0.262 e. The quantitative estimate of drug-likeness (QED) is 0.835. The molecule has 0 N–H and O–H groups in total. The predicted molar refractivity (Wildman–Crippen MR) is 74.3 cm³/mol. The van der Waals surface area contributed by atoms with Crippen LogP contribution in [0.25, 0.3) is 10.2 Å². The molecule has 6 heteroatoms. The summed E-state index contributed by atoms with van der Waals surface area (Å²) in [6.45, 7) is 1.71. The minimum absolute atomic E-state index is 0.0122. The summed E-state index contributed by atoms with van der Waals surface area (Å²) in [7, 11) is 0. The van der Waals surface area contributed by atoms with Crippen LogP contribution in [0.2, 0.25) is 0 Å². The highest BCUT2D eigenvalue weighted by Crippen LogP contribution is 2.13. The average Bonchev–Trinajstić information content (AvgIpc) is 2.92. The minimum Gasteiger partial charge on any atom is -0.341 e. The van der Waals surface area contributed by atoms with Gasteiger partial charge in [-0.3, -0.25) is 14.2 Å². The van der Waals surface area contributed by atoms with Gasteiger partial charge in [0.15, 0.2) is 0 Å². The smallest absolute Gasteiger partial charge is 0.262 e. The Labute approximate surface area is 114 Å². The first-order valence-electron chi connectivity index (χ1n) is 6.46. The Morgan fingerprint density at radius 1 is 1.32 bits per heavy atom. The fraction of sp³-hybridized carbons (Fsp3) is 0.462. The van der Waals surface area contributed by atoms with E-state index in [9.17, 15) is 9.59 Å². The first-order chi connectivity index (χ1) is 9.25. The van der Waals surface area contributed by atoms with E-state index in [2.05, 4.69) is 4.98 Å². The minimum atomic E-state index is -0.128. The van der Waals surface area contributed by atoms with Gasteiger partial charge in [0.2, 0.25) is 5.91 Å². The van der Waals surface area contributed by atoms with Crippen LogP contribution in [0, 0.1) is 0 Å². The molecule has 0 spiro atoms. The molecule has 5 nitrogen and oxygen atoms in total. The molecule has 0 saturated carbocycles. The Balaban J connectivity index is 1.82. The number of piperidine rings is 1. The lowest BCUT2D eigenvalue weighted by Crippen LogP contribution is -2.39. The number of hydrogen-bond acceptors (Lipinski definition) is 4. The largest absolute Gasteiger partial charge is 0.341 e. The Hall–Kier alpha value is -1.69. The number of likely N-dealkylation sites (tertiary alicyclic amines) is 1. The molecule has 1 fully saturated rings. The summed E-state index contributed by atoms with van der Waals surface area (Å²) < 4.78 is 1.41. The first kappa shape index (κ1) is 12.3. The normalized spacial score (nSPS) is 15.9. The van der Waals surface area contributed by atoms with E-state index in [1.54, 1.807) is 6.07 Å². The van der Waals surface area contributed by atoms with Crippen LogP contribution in [0.5, 0.6) is 0 Å². The van der Waals surface area contributed by atoms with Crippen molar-refractivity contribution in [3.05, 3.63) is 28.1 Å². The number of carbonyl (C=O) groups is 1. The van der Waals surface area contributed by atoms with Crippen LogP contribution in [0.4, 0.5) is 0 Å². The van der Waals surface area contributed by atoms with Gasteiger partial charge in [0.25, 0.3) is 5.56 Å². The number of hydrogen-bond donors (Lipinski definition) is 0. The van der Waals surface area contributed by atoms with Gasteiger partial charge in [0.1, 0.15) is 11.4 Å². The van der Waals surface area contributed by atoms with Crippen LogP contribution in [0.3, 0.4) is 0 Å². The van der Waals surface area contributed by atoms with Crippen molar-refractivity contribution in [2.75, 3.05) is 13.1 Å². The summed E-state index contributed by atoms with van der Waals surface area (Å²) >= 11 is 1.44. The summed E-state index contributed by atoms with van der Waals surface area (Å²) in [5.74, 6) is 0.0122. The molecule has 2 aromatic rings. The number of rotatable bonds is 2. The first-order valence-corrected chi connectivity index (χ1v) is 7.34. The second-order valence-electron chi connectivity index (χ2n) is 4.76. The molecule has 0 radical (unpaired) electrons. The fourth-order valence-corrected chi connectivity index (χ4v) is 3.12. The highest BCUT2D eigenvalue weighted by atomic mass is 32.1. The number of carbonyl (C=O) groups excluding carboxylic acids is 1. The highest BCUT2D eigenvalue weighted by molar-refractivity contribution is 7.16. The zero-order valence-electron chi connectivity index (χ0n) is 10.5. The summed E-state index contributed by atoms with van der Waals surface area (Å²) in [6, 6.07) is 1.76. The van der Waals surface area contributed by atoms with Gasteiger partial charge < -0.3 is 4.90 Å². The molecule has 1 aliphatic heterocycles. The molecular formula is C13H15N3O2S. The van der Waals surface area contributed by atoms with Crippen LogP contribution in [-0.2, 0) is 11.3 Å². The number of amides is 1. The van der Waals surface area contributed by atoms with E-state index in [4.69, 9.17) is 0 Å². The molecule has 19 heavy (non-hydrogen) atoms. The average molecular weight is 277 g/mol. The van der Waals surface area contributed by atoms with Gasteiger partial charge in [0.05, 0.1) is 11.7 Å². The van der Waals surface area contributed by atoms with Crippen molar-refractivity contribution in [3.8, 4) is 0 Å². The Morgan fingerprint density at radius 2 is 2.11 bits per heavy atom. The number of fused-ring (bicyclic) bond motifs is 1. The van der Waals surface area contributed by atoms with Crippen LogP contribution in [0.15, 0.2) is 22.6 Å². The SMILES string of the molecule is O=C(Cn1cnc2sccc2c1=O)N1CCCCC1. The van der Waals surface area contributed by atoms with Gasteiger partial charge >= 0.3 is 0 Å². The van der Waals surface area contributed by atoms with Crippen LogP contribution < -0.4 is 5.56 Å². The maximum absolute atomic E-state index is 12.2. The predicted octanol–water partition coefficient (Wildman–Crippen LogP) is 1.47. The molecule has 3 rings (SSSR count). The van der Waals surface area contributed by atoms with E-state index in [0.717, 1.165) is 30.8 Å². The molecule has 2 aromatic heterocycles. The molecule has 0 unspecified atom stereocenters. The van der Waals surface area contributed by atoms with E-state index >= 15 is 0 Å². The topological polar surface area (TPSA) is 55.2 Å². The van der Waals surface area contributed by atoms with E-state index in [1.807, 2.05) is 10.3 Å². The van der Waals surface area contributed by atoms with Gasteiger partial charge in [-0.15, -0.1) is 11.3 Å². The van der Waals surface area contributed by atoms with Crippen molar-refractivity contribution in [2.45, 2.75) is 25.8 Å². The third kappa shape index (κ3) is 2.40. The highest BCUT2D eigenvalue weighted by Gasteiger charge is 2.17. The van der Waals surface area contributed by atoms with Crippen molar-refractivity contribution in [1.29, 1.82) is 0 Å². The van der Waals surface area contributed by atoms with Crippen molar-refractivity contribution < 1.29 is 4.79 Å². The maximum atomic E-state index is 12.2. The second kappa shape index (κ2) is 5.13. The molecular weight excluding hydrogens is 262 g/mol. The third-order valence-electron chi connectivity index (χ3n) is 3.46. The summed E-state index contributed by atoms with van der Waals surface area (Å²) in [6.07, 6.45) is 4.78. The molecule has 3 heterocycles. The summed E-state index contributed by atoms with van der Waals surface area (Å²) in [5.41, 5.74) is -0.128. The van der Waals surface area contributed by atoms with Crippen LogP contribution in [0.1, 0.15) is 19.3 Å². The van der Waals surface area contributed by atoms with Gasteiger partial charge in [-0.2, -0.15) is 0 Å². The molecule has 0 bridgehead atoms. The zero-order valence-corrected chi connectivity index (χ0v) is 11.4. The molecule has 1 aliphatic rings. The molecule has 0 aromatic carbocycles. The molecule has 1 amide bonds. The lowest BCUT2D eigenvalue weighted by atomic mass is 10.1. The monoisotopic (exact) mass is 277 g/mol. The standard InChI is InChI=1S/C13H15N3O2S/c17-11(15-5-2-1-3-6-15)8-16-9-14-12-10(13(16)18)4-7-19-12/h4,7,9H,1-3,5-6,8H2. The number of nitrogens with zero attached hydrogens (tertiary/aromatic N) is 3. The summed E-state index contributed by atoms with van der Waals surface area (Å²) in [5, 5.41) is 2.44. The van der Waals surface area contributed by atoms with E-state index in [0.29, 0.717) is 5.39 Å². The van der Waals surface area contributed by atoms with Crippen molar-refractivity contribution >= 4 is 27.5 Å². The Kier molecular flexibility index (Phi) is 3.33. The van der Waals surface area contributed by atoms with Crippen LogP contribution >= 0.6 is 11.3 Å². The van der Waals surface area contributed by atoms with Gasteiger partial charge in [0, 0.05) is 13.1 Å². The van der Waals surface area contributed by atoms with Gasteiger partial charge in [-0.05, 0) is 30.7 Å². The van der Waals surface area contributed by atoms with Crippen molar-refractivity contribution in [2.24, 2.45) is 0 Å². The van der Waals surface area contributed by atoms with Crippen molar-refractivity contribution in [3.63, 3.8) is 0 Å². The van der Waals surface area contributed by atoms with E-state index < -0.39 is 0 Å². The van der Waals surface area contributed by atoms with E-state index in [-0.39, 0.29) is 18.0 Å². The number of aromatic nitrogens is 2. The van der Waals surface area contributed by atoms with Crippen molar-refractivity contribution in [1.82, 2.24) is 14.5 Å². The molecule has 100 valence electrons. The van der Waals surface area contributed by atoms with Crippen LogP contribution in [-0.4, -0.2) is 33.4 Å². The summed E-state index contributed by atoms with van der Waals surface area (Å²) in [4.78, 5) is 31.1. The Bertz CT molecular complexity index is 655. The molecule has 1 saturated heterocycles.